The van der Waals surface area contributed by atoms with E-state index in [0.717, 1.165) is 0 Å². The lowest BCUT2D eigenvalue weighted by Gasteiger charge is -2.44. The Morgan fingerprint density at radius 1 is 1.67 bits per heavy atom. The maximum Gasteiger partial charge on any atom is 0.305 e. The standard InChI is InChI=1S/C9H18N2O3S/c1-7(4-15(2)14)11-9(3-8(12)13)5-10-6-9/h7,10-11H,3-6H2,1-2H3,(H,12,13). The molecule has 1 heterocycles. The average molecular weight is 234 g/mol. The van der Waals surface area contributed by atoms with Crippen molar-refractivity contribution in [1.82, 2.24) is 10.6 Å². The molecule has 0 aromatic carbocycles. The van der Waals surface area contributed by atoms with Crippen molar-refractivity contribution < 1.29 is 14.1 Å². The van der Waals surface area contributed by atoms with E-state index >= 15 is 0 Å². The van der Waals surface area contributed by atoms with Gasteiger partial charge >= 0.3 is 5.97 Å². The first-order valence-corrected chi connectivity index (χ1v) is 6.66. The Bertz CT molecular complexity index is 266. The van der Waals surface area contributed by atoms with Crippen molar-refractivity contribution in [2.45, 2.75) is 24.9 Å². The zero-order valence-corrected chi connectivity index (χ0v) is 9.89. The van der Waals surface area contributed by atoms with Crippen LogP contribution in [0.25, 0.3) is 0 Å². The second-order valence-electron chi connectivity index (χ2n) is 4.24. The van der Waals surface area contributed by atoms with Crippen molar-refractivity contribution in [2.75, 3.05) is 25.1 Å². The summed E-state index contributed by atoms with van der Waals surface area (Å²) in [4.78, 5) is 10.7. The lowest BCUT2D eigenvalue weighted by Crippen LogP contribution is -2.70. The molecular formula is C9H18N2O3S. The van der Waals surface area contributed by atoms with Crippen LogP contribution in [0.3, 0.4) is 0 Å². The fourth-order valence-electron chi connectivity index (χ4n) is 1.91. The molecule has 0 amide bonds. The van der Waals surface area contributed by atoms with E-state index in [1.54, 1.807) is 6.26 Å². The molecule has 1 aliphatic heterocycles. The lowest BCUT2D eigenvalue weighted by molar-refractivity contribution is -0.139. The Hall–Kier alpha value is -0.460. The minimum Gasteiger partial charge on any atom is -0.481 e. The molecule has 88 valence electrons. The molecule has 1 aliphatic rings. The van der Waals surface area contributed by atoms with Gasteiger partial charge < -0.3 is 15.7 Å². The number of carbonyl (C=O) groups is 1. The van der Waals surface area contributed by atoms with Crippen LogP contribution in [0.2, 0.25) is 0 Å². The van der Waals surface area contributed by atoms with Gasteiger partial charge in [-0.2, -0.15) is 0 Å². The van der Waals surface area contributed by atoms with E-state index in [4.69, 9.17) is 5.11 Å². The molecule has 1 saturated heterocycles. The monoisotopic (exact) mass is 234 g/mol. The van der Waals surface area contributed by atoms with Gasteiger partial charge in [-0.3, -0.25) is 9.00 Å². The SMILES string of the molecule is CC(CS(C)=O)NC1(CC(=O)O)CNC1. The highest BCUT2D eigenvalue weighted by Crippen LogP contribution is 2.17. The van der Waals surface area contributed by atoms with Gasteiger partial charge in [0.25, 0.3) is 0 Å². The normalized spacial score (nSPS) is 22.8. The molecule has 0 aromatic rings. The summed E-state index contributed by atoms with van der Waals surface area (Å²) in [6, 6.07) is 0.0808. The molecular weight excluding hydrogens is 216 g/mol. The number of carboxylic acids is 1. The summed E-state index contributed by atoms with van der Waals surface area (Å²) in [6.45, 7) is 3.27. The summed E-state index contributed by atoms with van der Waals surface area (Å²) in [5.41, 5.74) is -0.343. The largest absolute Gasteiger partial charge is 0.481 e. The van der Waals surface area contributed by atoms with Gasteiger partial charge in [0, 0.05) is 41.9 Å². The third-order valence-electron chi connectivity index (χ3n) is 2.45. The Morgan fingerprint density at radius 3 is 2.60 bits per heavy atom. The Labute approximate surface area is 92.1 Å². The average Bonchev–Trinajstić information content (AvgIpc) is 1.97. The maximum atomic E-state index is 11.0. The van der Waals surface area contributed by atoms with E-state index in [9.17, 15) is 9.00 Å². The highest BCUT2D eigenvalue weighted by Gasteiger charge is 2.39. The summed E-state index contributed by atoms with van der Waals surface area (Å²) >= 11 is 0. The van der Waals surface area contributed by atoms with Crippen LogP contribution in [0.4, 0.5) is 0 Å². The Kier molecular flexibility index (Phi) is 4.24. The smallest absolute Gasteiger partial charge is 0.305 e. The molecule has 15 heavy (non-hydrogen) atoms. The lowest BCUT2D eigenvalue weighted by atomic mass is 9.88. The third kappa shape index (κ3) is 3.89. The van der Waals surface area contributed by atoms with Crippen LogP contribution in [0, 0.1) is 0 Å². The summed E-state index contributed by atoms with van der Waals surface area (Å²) in [5.74, 6) is -0.240. The number of hydrogen-bond acceptors (Lipinski definition) is 4. The van der Waals surface area contributed by atoms with Gasteiger partial charge in [-0.05, 0) is 6.92 Å². The summed E-state index contributed by atoms with van der Waals surface area (Å²) < 4.78 is 11.0. The van der Waals surface area contributed by atoms with E-state index < -0.39 is 16.8 Å². The predicted octanol–water partition coefficient (Wildman–Crippen LogP) is -0.840. The Morgan fingerprint density at radius 2 is 2.27 bits per heavy atom. The molecule has 1 fully saturated rings. The van der Waals surface area contributed by atoms with E-state index in [0.29, 0.717) is 18.8 Å². The number of hydrogen-bond donors (Lipinski definition) is 3. The number of nitrogens with one attached hydrogen (secondary N) is 2. The van der Waals surface area contributed by atoms with Gasteiger partial charge in [-0.15, -0.1) is 0 Å². The number of aliphatic carboxylic acids is 1. The summed E-state index contributed by atoms with van der Waals surface area (Å²) in [7, 11) is -0.851. The second-order valence-corrected chi connectivity index (χ2v) is 5.72. The van der Waals surface area contributed by atoms with Crippen LogP contribution in [-0.2, 0) is 15.6 Å². The van der Waals surface area contributed by atoms with Gasteiger partial charge in [0.1, 0.15) is 0 Å². The topological polar surface area (TPSA) is 78.4 Å². The van der Waals surface area contributed by atoms with Crippen molar-refractivity contribution in [1.29, 1.82) is 0 Å². The first-order valence-electron chi connectivity index (χ1n) is 4.94. The van der Waals surface area contributed by atoms with Gasteiger partial charge in [-0.25, -0.2) is 0 Å². The first-order chi connectivity index (χ1) is 6.93. The van der Waals surface area contributed by atoms with Crippen molar-refractivity contribution in [3.8, 4) is 0 Å². The highest BCUT2D eigenvalue weighted by atomic mass is 32.2. The zero-order valence-electron chi connectivity index (χ0n) is 9.08. The molecule has 0 aromatic heterocycles. The number of rotatable bonds is 6. The zero-order chi connectivity index (χ0) is 11.5. The molecule has 3 N–H and O–H groups in total. The summed E-state index contributed by atoms with van der Waals surface area (Å²) in [5, 5.41) is 15.1. The van der Waals surface area contributed by atoms with Gasteiger partial charge in [0.2, 0.25) is 0 Å². The molecule has 0 radical (unpaired) electrons. The fraction of sp³-hybridized carbons (Fsp3) is 0.889. The highest BCUT2D eigenvalue weighted by molar-refractivity contribution is 7.84. The van der Waals surface area contributed by atoms with E-state index in [2.05, 4.69) is 10.6 Å². The molecule has 5 nitrogen and oxygen atoms in total. The van der Waals surface area contributed by atoms with Gasteiger partial charge in [-0.1, -0.05) is 0 Å². The predicted molar refractivity (Wildman–Crippen MR) is 59.4 cm³/mol. The van der Waals surface area contributed by atoms with Crippen molar-refractivity contribution in [2.24, 2.45) is 0 Å². The maximum absolute atomic E-state index is 11.0. The van der Waals surface area contributed by atoms with Crippen molar-refractivity contribution in [3.05, 3.63) is 0 Å². The quantitative estimate of drug-likeness (QED) is 0.558. The van der Waals surface area contributed by atoms with Crippen LogP contribution >= 0.6 is 0 Å². The number of carboxylic acid groups (broad SMARTS) is 1. The van der Waals surface area contributed by atoms with Gasteiger partial charge in [0.15, 0.2) is 0 Å². The van der Waals surface area contributed by atoms with Crippen LogP contribution in [0.15, 0.2) is 0 Å². The molecule has 0 spiro atoms. The molecule has 6 heteroatoms. The Balaban J connectivity index is 2.45. The van der Waals surface area contributed by atoms with Crippen LogP contribution < -0.4 is 10.6 Å². The molecule has 2 unspecified atom stereocenters. The van der Waals surface area contributed by atoms with Crippen molar-refractivity contribution in [3.63, 3.8) is 0 Å². The van der Waals surface area contributed by atoms with Crippen LogP contribution in [0.5, 0.6) is 0 Å². The van der Waals surface area contributed by atoms with E-state index in [-0.39, 0.29) is 18.0 Å². The van der Waals surface area contributed by atoms with Gasteiger partial charge in [0.05, 0.1) is 12.0 Å². The second kappa shape index (κ2) is 5.05. The van der Waals surface area contributed by atoms with E-state index in [1.165, 1.54) is 0 Å². The molecule has 1 rings (SSSR count). The fourth-order valence-corrected chi connectivity index (χ4v) is 2.70. The molecule has 2 atom stereocenters. The minimum atomic E-state index is -0.851. The molecule has 0 aliphatic carbocycles. The molecule has 0 saturated carbocycles. The van der Waals surface area contributed by atoms with E-state index in [1.807, 2.05) is 6.92 Å². The molecule has 0 bridgehead atoms. The van der Waals surface area contributed by atoms with Crippen LogP contribution in [0.1, 0.15) is 13.3 Å². The first kappa shape index (κ1) is 12.6. The van der Waals surface area contributed by atoms with Crippen molar-refractivity contribution >= 4 is 16.8 Å². The van der Waals surface area contributed by atoms with Crippen LogP contribution in [-0.4, -0.2) is 52.0 Å². The minimum absolute atomic E-state index is 0.0808. The summed E-state index contributed by atoms with van der Waals surface area (Å²) in [6.07, 6.45) is 1.77. The third-order valence-corrected chi connectivity index (χ3v) is 3.42.